The van der Waals surface area contributed by atoms with Crippen molar-refractivity contribution in [3.63, 3.8) is 0 Å². The normalized spacial score (nSPS) is 16.9. The minimum atomic E-state index is -4.46. The van der Waals surface area contributed by atoms with Crippen LogP contribution in [0.2, 0.25) is 0 Å². The Morgan fingerprint density at radius 2 is 1.97 bits per heavy atom. The van der Waals surface area contributed by atoms with Gasteiger partial charge in [-0.25, -0.2) is 4.99 Å². The first-order valence-corrected chi connectivity index (χ1v) is 9.39. The molecule has 152 valence electrons. The first-order chi connectivity index (χ1) is 13.8. The third-order valence-corrected chi connectivity index (χ3v) is 4.75. The lowest BCUT2D eigenvalue weighted by molar-refractivity contribution is -0.137. The van der Waals surface area contributed by atoms with Crippen LogP contribution >= 0.6 is 11.8 Å². The maximum atomic E-state index is 12.8. The maximum absolute atomic E-state index is 12.8. The van der Waals surface area contributed by atoms with Crippen LogP contribution in [-0.2, 0) is 11.0 Å². The fraction of sp³-hybridized carbons (Fsp3) is 0.200. The summed E-state index contributed by atoms with van der Waals surface area (Å²) in [5, 5.41) is 2.77. The Hall–Kier alpha value is -2.94. The summed E-state index contributed by atoms with van der Waals surface area (Å²) in [4.78, 5) is 16.7. The number of nitrogens with zero attached hydrogens (tertiary/aromatic N) is 1. The molecule has 1 N–H and O–H groups in total. The van der Waals surface area contributed by atoms with Crippen LogP contribution in [0.1, 0.15) is 18.1 Å². The Bertz CT molecular complexity index is 987. The number of hydrogen-bond acceptors (Lipinski definition) is 5. The zero-order valence-corrected chi connectivity index (χ0v) is 16.4. The number of nitrogens with one attached hydrogen (secondary N) is 1. The summed E-state index contributed by atoms with van der Waals surface area (Å²) in [5.41, 5.74) is 0.0146. The van der Waals surface area contributed by atoms with Gasteiger partial charge in [0.25, 0.3) is 5.91 Å². The largest absolute Gasteiger partial charge is 0.493 e. The number of methoxy groups -OCH3 is 1. The van der Waals surface area contributed by atoms with Gasteiger partial charge in [-0.1, -0.05) is 12.1 Å². The quantitative estimate of drug-likeness (QED) is 0.689. The van der Waals surface area contributed by atoms with Gasteiger partial charge < -0.3 is 14.8 Å². The predicted octanol–water partition coefficient (Wildman–Crippen LogP) is 5.00. The highest BCUT2D eigenvalue weighted by Gasteiger charge is 2.30. The van der Waals surface area contributed by atoms with Crippen LogP contribution in [0.5, 0.6) is 11.5 Å². The molecule has 29 heavy (non-hydrogen) atoms. The summed E-state index contributed by atoms with van der Waals surface area (Å²) in [6.45, 7) is 2.35. The zero-order valence-electron chi connectivity index (χ0n) is 15.5. The standard InChI is InChI=1S/C20H17F3N2O3S/c1-3-28-15-8-7-12(9-16(15)27-2)10-17-18(26)25-19(29-17)24-14-6-4-5-13(11-14)20(21,22)23/h4-11H,3H2,1-2H3,(H,24,25,26)/b17-10+. The first kappa shape index (κ1) is 20.8. The van der Waals surface area contributed by atoms with Gasteiger partial charge in [-0.2, -0.15) is 13.2 Å². The molecule has 1 aliphatic heterocycles. The van der Waals surface area contributed by atoms with Crippen molar-refractivity contribution in [2.24, 2.45) is 4.99 Å². The number of amides is 1. The highest BCUT2D eigenvalue weighted by Crippen LogP contribution is 2.34. The van der Waals surface area contributed by atoms with E-state index >= 15 is 0 Å². The van der Waals surface area contributed by atoms with Crippen molar-refractivity contribution in [3.8, 4) is 11.5 Å². The van der Waals surface area contributed by atoms with Gasteiger partial charge in [0.15, 0.2) is 16.7 Å². The first-order valence-electron chi connectivity index (χ1n) is 8.58. The molecule has 9 heteroatoms. The molecule has 0 radical (unpaired) electrons. The molecule has 0 unspecified atom stereocenters. The Kier molecular flexibility index (Phi) is 6.17. The molecule has 1 aliphatic rings. The van der Waals surface area contributed by atoms with E-state index in [-0.39, 0.29) is 16.8 Å². The second-order valence-corrected chi connectivity index (χ2v) is 6.90. The number of hydrogen-bond donors (Lipinski definition) is 1. The number of carbonyl (C=O) groups is 1. The van der Waals surface area contributed by atoms with E-state index in [4.69, 9.17) is 9.47 Å². The molecule has 3 rings (SSSR count). The summed E-state index contributed by atoms with van der Waals surface area (Å²) in [6, 6.07) is 9.85. The Morgan fingerprint density at radius 3 is 2.66 bits per heavy atom. The van der Waals surface area contributed by atoms with E-state index in [9.17, 15) is 18.0 Å². The number of amidine groups is 1. The Balaban J connectivity index is 1.82. The smallest absolute Gasteiger partial charge is 0.416 e. The van der Waals surface area contributed by atoms with Crippen molar-refractivity contribution in [2.45, 2.75) is 13.1 Å². The van der Waals surface area contributed by atoms with Crippen molar-refractivity contribution in [1.29, 1.82) is 0 Å². The molecule has 2 aromatic carbocycles. The number of rotatable bonds is 5. The number of halogens is 3. The van der Waals surface area contributed by atoms with Crippen molar-refractivity contribution < 1.29 is 27.4 Å². The zero-order chi connectivity index (χ0) is 21.0. The van der Waals surface area contributed by atoms with Gasteiger partial charge >= 0.3 is 6.18 Å². The fourth-order valence-corrected chi connectivity index (χ4v) is 3.39. The number of carbonyl (C=O) groups excluding carboxylic acids is 1. The van der Waals surface area contributed by atoms with E-state index in [1.807, 2.05) is 6.92 Å². The summed E-state index contributed by atoms with van der Waals surface area (Å²) in [7, 11) is 1.52. The molecule has 0 saturated carbocycles. The molecular formula is C20H17F3N2O3S. The number of thioether (sulfide) groups is 1. The molecule has 1 amide bonds. The van der Waals surface area contributed by atoms with E-state index in [0.717, 1.165) is 23.9 Å². The highest BCUT2D eigenvalue weighted by atomic mass is 32.2. The second kappa shape index (κ2) is 8.60. The molecule has 1 fully saturated rings. The van der Waals surface area contributed by atoms with Crippen molar-refractivity contribution >= 4 is 34.6 Å². The molecular weight excluding hydrogens is 405 g/mol. The summed E-state index contributed by atoms with van der Waals surface area (Å²) >= 11 is 1.05. The maximum Gasteiger partial charge on any atom is 0.416 e. The number of benzene rings is 2. The van der Waals surface area contributed by atoms with Crippen molar-refractivity contribution in [3.05, 3.63) is 58.5 Å². The second-order valence-electron chi connectivity index (χ2n) is 5.87. The SMILES string of the molecule is CCOc1ccc(/C=C2/SC(=Nc3cccc(C(F)(F)F)c3)NC2=O)cc1OC. The highest BCUT2D eigenvalue weighted by molar-refractivity contribution is 8.18. The average molecular weight is 422 g/mol. The fourth-order valence-electron chi connectivity index (χ4n) is 2.55. The minimum Gasteiger partial charge on any atom is -0.493 e. The van der Waals surface area contributed by atoms with Gasteiger partial charge in [-0.3, -0.25) is 4.79 Å². The van der Waals surface area contributed by atoms with Crippen LogP contribution in [0.25, 0.3) is 6.08 Å². The average Bonchev–Trinajstić information content (AvgIpc) is 3.01. The molecule has 2 aromatic rings. The monoisotopic (exact) mass is 422 g/mol. The van der Waals surface area contributed by atoms with E-state index in [1.165, 1.54) is 19.2 Å². The summed E-state index contributed by atoms with van der Waals surface area (Å²) < 4.78 is 49.3. The molecule has 0 bridgehead atoms. The molecule has 0 aliphatic carbocycles. The minimum absolute atomic E-state index is 0.103. The van der Waals surface area contributed by atoms with Gasteiger partial charge in [0, 0.05) is 0 Å². The van der Waals surface area contributed by atoms with E-state index in [1.54, 1.807) is 24.3 Å². The van der Waals surface area contributed by atoms with Crippen molar-refractivity contribution in [2.75, 3.05) is 13.7 Å². The molecule has 0 spiro atoms. The van der Waals surface area contributed by atoms with Gasteiger partial charge in [-0.05, 0) is 60.7 Å². The molecule has 0 atom stereocenters. The topological polar surface area (TPSA) is 59.9 Å². The van der Waals surface area contributed by atoms with Gasteiger partial charge in [0.2, 0.25) is 0 Å². The number of alkyl halides is 3. The van der Waals surface area contributed by atoms with E-state index in [2.05, 4.69) is 10.3 Å². The van der Waals surface area contributed by atoms with Crippen LogP contribution in [-0.4, -0.2) is 24.8 Å². The lowest BCUT2D eigenvalue weighted by atomic mass is 10.2. The third kappa shape index (κ3) is 5.11. The summed E-state index contributed by atoms with van der Waals surface area (Å²) in [5.74, 6) is 0.739. The molecule has 1 heterocycles. The Labute approximate surface area is 169 Å². The van der Waals surface area contributed by atoms with Gasteiger partial charge in [-0.15, -0.1) is 0 Å². The molecule has 5 nitrogen and oxygen atoms in total. The summed E-state index contributed by atoms with van der Waals surface area (Å²) in [6.07, 6.45) is -2.81. The van der Waals surface area contributed by atoms with Gasteiger partial charge in [0.1, 0.15) is 0 Å². The van der Waals surface area contributed by atoms with E-state index in [0.29, 0.717) is 28.6 Å². The van der Waals surface area contributed by atoms with Crippen LogP contribution in [0, 0.1) is 0 Å². The third-order valence-electron chi connectivity index (χ3n) is 3.84. The van der Waals surface area contributed by atoms with Crippen LogP contribution in [0.4, 0.5) is 18.9 Å². The van der Waals surface area contributed by atoms with Gasteiger partial charge in [0.05, 0.1) is 29.9 Å². The lowest BCUT2D eigenvalue weighted by Gasteiger charge is -2.09. The van der Waals surface area contributed by atoms with Crippen LogP contribution in [0.15, 0.2) is 52.4 Å². The molecule has 1 saturated heterocycles. The number of ether oxygens (including phenoxy) is 2. The Morgan fingerprint density at radius 1 is 1.17 bits per heavy atom. The van der Waals surface area contributed by atoms with E-state index < -0.39 is 11.7 Å². The van der Waals surface area contributed by atoms with Crippen LogP contribution < -0.4 is 14.8 Å². The predicted molar refractivity (Wildman–Crippen MR) is 106 cm³/mol. The lowest BCUT2D eigenvalue weighted by Crippen LogP contribution is -2.19. The molecule has 0 aromatic heterocycles. The number of aliphatic imine (C=N–C) groups is 1. The van der Waals surface area contributed by atoms with Crippen molar-refractivity contribution in [1.82, 2.24) is 5.32 Å². The van der Waals surface area contributed by atoms with Crippen LogP contribution in [0.3, 0.4) is 0 Å².